The van der Waals surface area contributed by atoms with Gasteiger partial charge in [0.25, 0.3) is 11.8 Å². The van der Waals surface area contributed by atoms with Crippen LogP contribution in [0.3, 0.4) is 0 Å². The number of imide groups is 2. The van der Waals surface area contributed by atoms with Gasteiger partial charge in [-0.15, -0.1) is 0 Å². The fourth-order valence-electron chi connectivity index (χ4n) is 1.79. The Morgan fingerprint density at radius 2 is 1.78 bits per heavy atom. The van der Waals surface area contributed by atoms with Crippen LogP contribution in [0, 0.1) is 0 Å². The quantitative estimate of drug-likeness (QED) is 0.642. The molecule has 0 spiro atoms. The van der Waals surface area contributed by atoms with Crippen molar-refractivity contribution in [3.63, 3.8) is 0 Å². The molecule has 2 aliphatic heterocycles. The summed E-state index contributed by atoms with van der Waals surface area (Å²) in [6, 6.07) is 0. The van der Waals surface area contributed by atoms with Crippen molar-refractivity contribution in [3.05, 3.63) is 0 Å². The third kappa shape index (κ3) is 2.25. The molecule has 0 N–H and O–H groups in total. The number of likely N-dealkylation sites (tertiary alicyclic amines) is 1. The van der Waals surface area contributed by atoms with Crippen LogP contribution in [0.25, 0.3) is 0 Å². The average molecular weight is 272 g/mol. The molecule has 0 aromatic carbocycles. The van der Waals surface area contributed by atoms with Gasteiger partial charge in [-0.3, -0.25) is 24.1 Å². The van der Waals surface area contributed by atoms with Crippen LogP contribution < -0.4 is 0 Å². The van der Waals surface area contributed by atoms with E-state index in [9.17, 15) is 19.2 Å². The van der Waals surface area contributed by atoms with Crippen LogP contribution >= 0.6 is 11.8 Å². The highest BCUT2D eigenvalue weighted by atomic mass is 32.2. The third-order valence-corrected chi connectivity index (χ3v) is 3.75. The number of hydroxylamine groups is 2. The van der Waals surface area contributed by atoms with Crippen molar-refractivity contribution >= 4 is 35.4 Å². The van der Waals surface area contributed by atoms with Gasteiger partial charge in [0.15, 0.2) is 6.73 Å². The van der Waals surface area contributed by atoms with Crippen LogP contribution in [0.4, 0.5) is 0 Å². The van der Waals surface area contributed by atoms with Crippen molar-refractivity contribution in [2.75, 3.05) is 13.0 Å². The van der Waals surface area contributed by atoms with Crippen LogP contribution in [0.15, 0.2) is 0 Å². The molecule has 2 aliphatic rings. The SMILES string of the molecule is CSC1CC(=O)N(CON2C(=O)CCC2=O)C1=O. The Kier molecular flexibility index (Phi) is 3.67. The predicted molar refractivity (Wildman–Crippen MR) is 60.8 cm³/mol. The lowest BCUT2D eigenvalue weighted by Gasteiger charge is -2.18. The minimum absolute atomic E-state index is 0.105. The molecule has 0 aromatic rings. The third-order valence-electron chi connectivity index (χ3n) is 2.81. The van der Waals surface area contributed by atoms with Crippen molar-refractivity contribution in [2.45, 2.75) is 24.5 Å². The number of carbonyl (C=O) groups is 4. The molecule has 8 heteroatoms. The fraction of sp³-hybridized carbons (Fsp3) is 0.600. The van der Waals surface area contributed by atoms with Gasteiger partial charge >= 0.3 is 0 Å². The maximum Gasteiger partial charge on any atom is 0.254 e. The molecule has 0 radical (unpaired) electrons. The van der Waals surface area contributed by atoms with Crippen molar-refractivity contribution in [3.8, 4) is 0 Å². The Morgan fingerprint density at radius 1 is 1.17 bits per heavy atom. The van der Waals surface area contributed by atoms with Gasteiger partial charge in [-0.2, -0.15) is 16.8 Å². The van der Waals surface area contributed by atoms with E-state index >= 15 is 0 Å². The van der Waals surface area contributed by atoms with Crippen molar-refractivity contribution < 1.29 is 24.0 Å². The molecular formula is C10H12N2O5S. The lowest BCUT2D eigenvalue weighted by molar-refractivity contribution is -0.201. The van der Waals surface area contributed by atoms with E-state index in [-0.39, 0.29) is 37.8 Å². The standard InChI is InChI=1S/C10H12N2O5S/c1-18-6-4-9(15)11(10(6)16)5-17-12-7(13)2-3-8(12)14/h6H,2-5H2,1H3. The summed E-state index contributed by atoms with van der Waals surface area (Å²) >= 11 is 1.29. The van der Waals surface area contributed by atoms with E-state index in [1.807, 2.05) is 0 Å². The van der Waals surface area contributed by atoms with Crippen molar-refractivity contribution in [1.29, 1.82) is 0 Å². The molecule has 2 fully saturated rings. The van der Waals surface area contributed by atoms with E-state index in [4.69, 9.17) is 4.84 Å². The van der Waals surface area contributed by atoms with Crippen molar-refractivity contribution in [1.82, 2.24) is 9.96 Å². The summed E-state index contributed by atoms with van der Waals surface area (Å²) in [5.41, 5.74) is 0. The molecule has 4 amide bonds. The second-order valence-corrected chi connectivity index (χ2v) is 4.97. The van der Waals surface area contributed by atoms with Crippen molar-refractivity contribution in [2.24, 2.45) is 0 Å². The van der Waals surface area contributed by atoms with E-state index < -0.39 is 17.1 Å². The van der Waals surface area contributed by atoms with E-state index in [2.05, 4.69) is 0 Å². The van der Waals surface area contributed by atoms with Crippen LogP contribution in [-0.4, -0.2) is 51.8 Å². The Hall–Kier alpha value is -1.41. The molecule has 2 rings (SSSR count). The highest BCUT2D eigenvalue weighted by molar-refractivity contribution is 8.00. The Labute approximate surface area is 107 Å². The largest absolute Gasteiger partial charge is 0.274 e. The second-order valence-electron chi connectivity index (χ2n) is 3.93. The number of rotatable bonds is 4. The maximum atomic E-state index is 11.7. The van der Waals surface area contributed by atoms with Gasteiger partial charge in [-0.1, -0.05) is 0 Å². The minimum Gasteiger partial charge on any atom is -0.274 e. The number of nitrogens with zero attached hydrogens (tertiary/aromatic N) is 2. The van der Waals surface area contributed by atoms with E-state index in [0.29, 0.717) is 5.06 Å². The molecule has 18 heavy (non-hydrogen) atoms. The highest BCUT2D eigenvalue weighted by Crippen LogP contribution is 2.23. The molecule has 0 aliphatic carbocycles. The maximum absolute atomic E-state index is 11.7. The molecule has 0 saturated carbocycles. The number of hydrogen-bond acceptors (Lipinski definition) is 6. The van der Waals surface area contributed by atoms with Gasteiger partial charge in [0, 0.05) is 19.3 Å². The smallest absolute Gasteiger partial charge is 0.254 e. The lowest BCUT2D eigenvalue weighted by atomic mass is 10.4. The van der Waals surface area contributed by atoms with Gasteiger partial charge < -0.3 is 0 Å². The van der Waals surface area contributed by atoms with Crippen LogP contribution in [-0.2, 0) is 24.0 Å². The zero-order chi connectivity index (χ0) is 13.3. The van der Waals surface area contributed by atoms with Gasteiger partial charge in [0.1, 0.15) is 0 Å². The van der Waals surface area contributed by atoms with Gasteiger partial charge in [0.05, 0.1) is 5.25 Å². The summed E-state index contributed by atoms with van der Waals surface area (Å²) in [5.74, 6) is -1.58. The second kappa shape index (κ2) is 5.07. The zero-order valence-electron chi connectivity index (χ0n) is 9.75. The molecule has 7 nitrogen and oxygen atoms in total. The molecule has 1 unspecified atom stereocenters. The summed E-state index contributed by atoms with van der Waals surface area (Å²) < 4.78 is 0. The average Bonchev–Trinajstić information content (AvgIpc) is 2.80. The summed E-state index contributed by atoms with van der Waals surface area (Å²) in [5, 5.41) is 0.235. The minimum atomic E-state index is -0.444. The molecule has 0 aromatic heterocycles. The number of amides is 4. The Bertz CT molecular complexity index is 408. The molecule has 1 atom stereocenters. The van der Waals surface area contributed by atoms with Crippen LogP contribution in [0.1, 0.15) is 19.3 Å². The Morgan fingerprint density at radius 3 is 2.28 bits per heavy atom. The first-order valence-electron chi connectivity index (χ1n) is 5.40. The molecule has 2 saturated heterocycles. The van der Waals surface area contributed by atoms with Gasteiger partial charge in [0.2, 0.25) is 11.8 Å². The number of hydrogen-bond donors (Lipinski definition) is 0. The van der Waals surface area contributed by atoms with E-state index in [1.54, 1.807) is 6.26 Å². The summed E-state index contributed by atoms with van der Waals surface area (Å²) in [7, 11) is 0. The lowest BCUT2D eigenvalue weighted by Crippen LogP contribution is -2.39. The molecular weight excluding hydrogens is 260 g/mol. The van der Waals surface area contributed by atoms with Crippen LogP contribution in [0.2, 0.25) is 0 Å². The first-order chi connectivity index (χ1) is 8.54. The first-order valence-corrected chi connectivity index (χ1v) is 6.69. The van der Waals surface area contributed by atoms with E-state index in [1.165, 1.54) is 11.8 Å². The summed E-state index contributed by atoms with van der Waals surface area (Å²) in [6.07, 6.45) is 2.08. The molecule has 98 valence electrons. The molecule has 2 heterocycles. The zero-order valence-corrected chi connectivity index (χ0v) is 10.6. The van der Waals surface area contributed by atoms with Gasteiger partial charge in [-0.05, 0) is 6.26 Å². The Balaban J connectivity index is 1.94. The van der Waals surface area contributed by atoms with Gasteiger partial charge in [-0.25, -0.2) is 4.84 Å². The normalized spacial score (nSPS) is 24.6. The van der Waals surface area contributed by atoms with Crippen LogP contribution in [0.5, 0.6) is 0 Å². The predicted octanol–water partition coefficient (Wildman–Crippen LogP) is -0.485. The monoisotopic (exact) mass is 272 g/mol. The highest BCUT2D eigenvalue weighted by Gasteiger charge is 2.39. The van der Waals surface area contributed by atoms with E-state index in [0.717, 1.165) is 4.90 Å². The number of carbonyl (C=O) groups excluding carboxylic acids is 4. The summed E-state index contributed by atoms with van der Waals surface area (Å²) in [6.45, 7) is -0.383. The number of thioether (sulfide) groups is 1. The first kappa shape index (κ1) is 13.0. The molecule has 0 bridgehead atoms. The fourth-order valence-corrected chi connectivity index (χ4v) is 2.43. The topological polar surface area (TPSA) is 84.0 Å². The summed E-state index contributed by atoms with van der Waals surface area (Å²) in [4.78, 5) is 51.7.